The summed E-state index contributed by atoms with van der Waals surface area (Å²) < 4.78 is 10.9. The number of carbonyl (C=O) groups excluding carboxylic acids is 4. The van der Waals surface area contributed by atoms with Gasteiger partial charge in [0.25, 0.3) is 5.91 Å². The van der Waals surface area contributed by atoms with Crippen LogP contribution >= 0.6 is 0 Å². The third-order valence-corrected chi connectivity index (χ3v) is 5.86. The van der Waals surface area contributed by atoms with Crippen LogP contribution in [0.4, 0.5) is 5.69 Å². The highest BCUT2D eigenvalue weighted by Gasteiger charge is 2.30. The number of anilines is 1. The molecule has 0 saturated heterocycles. The Labute approximate surface area is 205 Å². The van der Waals surface area contributed by atoms with E-state index in [0.717, 1.165) is 0 Å². The van der Waals surface area contributed by atoms with Crippen LogP contribution in [0.3, 0.4) is 0 Å². The van der Waals surface area contributed by atoms with Crippen molar-refractivity contribution < 1.29 is 28.3 Å². The molecule has 0 spiro atoms. The van der Waals surface area contributed by atoms with E-state index in [9.17, 15) is 19.2 Å². The molecule has 1 atom stereocenters. The number of ether oxygens (including phenoxy) is 1. The van der Waals surface area contributed by atoms with Crippen LogP contribution in [-0.4, -0.2) is 34.5 Å². The van der Waals surface area contributed by atoms with E-state index in [0.29, 0.717) is 22.4 Å². The summed E-state index contributed by atoms with van der Waals surface area (Å²) in [6.07, 6.45) is -1.16. The average molecular weight is 480 g/mol. The molecule has 1 N–H and O–H groups in total. The van der Waals surface area contributed by atoms with Crippen molar-refractivity contribution in [3.05, 3.63) is 107 Å². The quantitative estimate of drug-likeness (QED) is 0.365. The molecule has 1 aromatic heterocycles. The zero-order chi connectivity index (χ0) is 25.4. The SMILES string of the molecule is Cc1oc(-c2ccccc2)nc1C(=O)O[C@H](C)C(=O)Nc1ccc2c(c1)C(=O)c1ccccc1C2=O. The average Bonchev–Trinajstić information content (AvgIpc) is 3.29. The fourth-order valence-corrected chi connectivity index (χ4v) is 3.98. The van der Waals surface area contributed by atoms with Crippen molar-refractivity contribution in [1.82, 2.24) is 4.98 Å². The van der Waals surface area contributed by atoms with E-state index in [1.54, 1.807) is 43.3 Å². The van der Waals surface area contributed by atoms with E-state index in [1.807, 2.05) is 18.2 Å². The summed E-state index contributed by atoms with van der Waals surface area (Å²) in [6.45, 7) is 3.01. The first-order valence-corrected chi connectivity index (χ1v) is 11.2. The van der Waals surface area contributed by atoms with Crippen LogP contribution in [0.25, 0.3) is 11.5 Å². The Morgan fingerprint density at radius 3 is 2.17 bits per heavy atom. The number of nitrogens with one attached hydrogen (secondary N) is 1. The van der Waals surface area contributed by atoms with Crippen LogP contribution in [0.2, 0.25) is 0 Å². The summed E-state index contributed by atoms with van der Waals surface area (Å²) in [5, 5.41) is 2.63. The van der Waals surface area contributed by atoms with Crippen LogP contribution in [0, 0.1) is 6.92 Å². The maximum absolute atomic E-state index is 12.9. The molecule has 1 amide bonds. The Balaban J connectivity index is 1.29. The predicted molar refractivity (Wildman–Crippen MR) is 130 cm³/mol. The Hall–Kier alpha value is -4.85. The molecular weight excluding hydrogens is 460 g/mol. The minimum absolute atomic E-state index is 0.0231. The Kier molecular flexibility index (Phi) is 5.77. The zero-order valence-corrected chi connectivity index (χ0v) is 19.4. The van der Waals surface area contributed by atoms with Gasteiger partial charge in [-0.05, 0) is 44.2 Å². The molecule has 0 unspecified atom stereocenters. The maximum Gasteiger partial charge on any atom is 0.361 e. The molecule has 178 valence electrons. The number of amides is 1. The van der Waals surface area contributed by atoms with Crippen molar-refractivity contribution >= 4 is 29.1 Å². The van der Waals surface area contributed by atoms with Gasteiger partial charge in [0, 0.05) is 33.5 Å². The molecule has 1 heterocycles. The first kappa shape index (κ1) is 22.9. The van der Waals surface area contributed by atoms with Gasteiger partial charge in [0.15, 0.2) is 23.4 Å². The van der Waals surface area contributed by atoms with Gasteiger partial charge in [0.05, 0.1) is 0 Å². The normalized spacial score (nSPS) is 12.9. The first-order chi connectivity index (χ1) is 17.3. The number of hydrogen-bond acceptors (Lipinski definition) is 7. The smallest absolute Gasteiger partial charge is 0.361 e. The van der Waals surface area contributed by atoms with Crippen molar-refractivity contribution in [2.24, 2.45) is 0 Å². The number of ketones is 2. The number of oxazole rings is 1. The van der Waals surface area contributed by atoms with Crippen molar-refractivity contribution in [3.8, 4) is 11.5 Å². The summed E-state index contributed by atoms with van der Waals surface area (Å²) in [5.41, 5.74) is 2.12. The summed E-state index contributed by atoms with van der Waals surface area (Å²) in [4.78, 5) is 55.3. The first-order valence-electron chi connectivity index (χ1n) is 11.2. The van der Waals surface area contributed by atoms with E-state index in [4.69, 9.17) is 9.15 Å². The van der Waals surface area contributed by atoms with Gasteiger partial charge < -0.3 is 14.5 Å². The largest absolute Gasteiger partial charge is 0.448 e. The highest BCUT2D eigenvalue weighted by Crippen LogP contribution is 2.29. The lowest BCUT2D eigenvalue weighted by Crippen LogP contribution is -2.30. The second kappa shape index (κ2) is 9.07. The number of aromatic nitrogens is 1. The summed E-state index contributed by atoms with van der Waals surface area (Å²) in [7, 11) is 0. The second-order valence-electron chi connectivity index (χ2n) is 8.29. The van der Waals surface area contributed by atoms with Gasteiger partial charge in [-0.2, -0.15) is 0 Å². The summed E-state index contributed by atoms with van der Waals surface area (Å²) in [5.74, 6) is -1.42. The number of nitrogens with zero attached hydrogens (tertiary/aromatic N) is 1. The number of hydrogen-bond donors (Lipinski definition) is 1. The van der Waals surface area contributed by atoms with Crippen molar-refractivity contribution in [2.45, 2.75) is 20.0 Å². The molecule has 0 bridgehead atoms. The van der Waals surface area contributed by atoms with Gasteiger partial charge in [-0.25, -0.2) is 9.78 Å². The van der Waals surface area contributed by atoms with Gasteiger partial charge in [0.2, 0.25) is 5.89 Å². The Morgan fingerprint density at radius 1 is 0.861 bits per heavy atom. The molecule has 36 heavy (non-hydrogen) atoms. The fraction of sp³-hybridized carbons (Fsp3) is 0.107. The van der Waals surface area contributed by atoms with Gasteiger partial charge in [0.1, 0.15) is 5.76 Å². The summed E-state index contributed by atoms with van der Waals surface area (Å²) in [6, 6.07) is 20.2. The lowest BCUT2D eigenvalue weighted by molar-refractivity contribution is -0.123. The van der Waals surface area contributed by atoms with Gasteiger partial charge >= 0.3 is 5.97 Å². The molecule has 3 aromatic carbocycles. The monoisotopic (exact) mass is 480 g/mol. The van der Waals surface area contributed by atoms with E-state index in [1.165, 1.54) is 25.1 Å². The number of aryl methyl sites for hydroxylation is 1. The maximum atomic E-state index is 12.9. The number of esters is 1. The van der Waals surface area contributed by atoms with Crippen LogP contribution in [-0.2, 0) is 9.53 Å². The van der Waals surface area contributed by atoms with Crippen LogP contribution in [0.1, 0.15) is 55.0 Å². The molecule has 8 heteroatoms. The van der Waals surface area contributed by atoms with Crippen molar-refractivity contribution in [3.63, 3.8) is 0 Å². The van der Waals surface area contributed by atoms with Gasteiger partial charge in [-0.15, -0.1) is 0 Å². The molecule has 5 rings (SSSR count). The van der Waals surface area contributed by atoms with Crippen LogP contribution in [0.15, 0.2) is 77.2 Å². The molecular formula is C28H20N2O6. The van der Waals surface area contributed by atoms with E-state index in [-0.39, 0.29) is 40.0 Å². The van der Waals surface area contributed by atoms with Crippen molar-refractivity contribution in [1.29, 1.82) is 0 Å². The molecule has 0 radical (unpaired) electrons. The third kappa shape index (κ3) is 4.09. The molecule has 0 fully saturated rings. The Morgan fingerprint density at radius 2 is 1.47 bits per heavy atom. The number of fused-ring (bicyclic) bond motifs is 2. The standard InChI is InChI=1S/C28H20N2O6/c1-15-23(30-27(35-15)17-8-4-3-5-9-17)28(34)36-16(2)26(33)29-18-12-13-21-22(14-18)25(32)20-11-7-6-10-19(20)24(21)31/h3-14,16H,1-2H3,(H,29,33)/t16-/m1/s1. The highest BCUT2D eigenvalue weighted by molar-refractivity contribution is 6.28. The second-order valence-corrected chi connectivity index (χ2v) is 8.29. The molecule has 8 nitrogen and oxygen atoms in total. The van der Waals surface area contributed by atoms with Gasteiger partial charge in [-0.1, -0.05) is 42.5 Å². The van der Waals surface area contributed by atoms with Crippen LogP contribution < -0.4 is 5.32 Å². The number of rotatable bonds is 5. The molecule has 1 aliphatic carbocycles. The zero-order valence-electron chi connectivity index (χ0n) is 19.4. The van der Waals surface area contributed by atoms with Crippen molar-refractivity contribution in [2.75, 3.05) is 5.32 Å². The molecule has 4 aromatic rings. The third-order valence-electron chi connectivity index (χ3n) is 5.86. The lowest BCUT2D eigenvalue weighted by atomic mass is 9.84. The van der Waals surface area contributed by atoms with E-state index in [2.05, 4.69) is 10.3 Å². The Bertz CT molecular complexity index is 1540. The lowest BCUT2D eigenvalue weighted by Gasteiger charge is -2.19. The van der Waals surface area contributed by atoms with Crippen LogP contribution in [0.5, 0.6) is 0 Å². The predicted octanol–water partition coefficient (Wildman–Crippen LogP) is 4.61. The minimum atomic E-state index is -1.16. The molecule has 0 aliphatic heterocycles. The topological polar surface area (TPSA) is 116 Å². The van der Waals surface area contributed by atoms with Gasteiger partial charge in [-0.3, -0.25) is 14.4 Å². The highest BCUT2D eigenvalue weighted by atomic mass is 16.5. The summed E-state index contributed by atoms with van der Waals surface area (Å²) >= 11 is 0. The molecule has 0 saturated carbocycles. The van der Waals surface area contributed by atoms with E-state index < -0.39 is 18.0 Å². The fourth-order valence-electron chi connectivity index (χ4n) is 3.98. The number of benzene rings is 3. The number of carbonyl (C=O) groups is 4. The minimum Gasteiger partial charge on any atom is -0.448 e. The van der Waals surface area contributed by atoms with E-state index >= 15 is 0 Å². The molecule has 1 aliphatic rings.